The Kier molecular flexibility index (Phi) is 7.17. The molecule has 2 saturated carbocycles. The van der Waals surface area contributed by atoms with Crippen molar-refractivity contribution in [3.05, 3.63) is 12.2 Å². The van der Waals surface area contributed by atoms with Gasteiger partial charge in [-0.3, -0.25) is 4.79 Å². The lowest BCUT2D eigenvalue weighted by molar-refractivity contribution is -0.137. The molecule has 0 amide bonds. The molecule has 2 aliphatic carbocycles. The number of hydrogen-bond acceptors (Lipinski definition) is 2. The van der Waals surface area contributed by atoms with Gasteiger partial charge in [0.05, 0.1) is 0 Å². The van der Waals surface area contributed by atoms with E-state index in [0.29, 0.717) is 23.9 Å². The van der Waals surface area contributed by atoms with Gasteiger partial charge in [0.25, 0.3) is 0 Å². The highest BCUT2D eigenvalue weighted by Gasteiger charge is 2.50. The van der Waals surface area contributed by atoms with Crippen molar-refractivity contribution in [2.75, 3.05) is 0 Å². The molecule has 2 fully saturated rings. The molecule has 3 nitrogen and oxygen atoms in total. The fourth-order valence-electron chi connectivity index (χ4n) is 4.67. The monoisotopic (exact) mass is 380 g/mol. The second-order valence-corrected chi connectivity index (χ2v) is 14.8. The first-order valence-electron chi connectivity index (χ1n) is 10.6. The average Bonchev–Trinajstić information content (AvgIpc) is 2.94. The molecule has 150 valence electrons. The van der Waals surface area contributed by atoms with Crippen molar-refractivity contribution in [1.82, 2.24) is 0 Å². The molecular weight excluding hydrogens is 340 g/mol. The zero-order valence-corrected chi connectivity index (χ0v) is 18.6. The van der Waals surface area contributed by atoms with Gasteiger partial charge < -0.3 is 9.53 Å². The Bertz CT molecular complexity index is 506. The van der Waals surface area contributed by atoms with E-state index in [1.165, 1.54) is 38.5 Å². The molecule has 2 aliphatic rings. The minimum atomic E-state index is -1.72. The zero-order chi connectivity index (χ0) is 19.4. The van der Waals surface area contributed by atoms with Crippen molar-refractivity contribution in [2.24, 2.45) is 11.3 Å². The predicted molar refractivity (Wildman–Crippen MR) is 111 cm³/mol. The average molecular weight is 381 g/mol. The van der Waals surface area contributed by atoms with E-state index in [0.717, 1.165) is 19.3 Å². The second-order valence-electron chi connectivity index (χ2n) is 10.1. The Labute approximate surface area is 161 Å². The van der Waals surface area contributed by atoms with E-state index in [1.54, 1.807) is 0 Å². The molecule has 0 unspecified atom stereocenters. The molecule has 0 saturated heterocycles. The van der Waals surface area contributed by atoms with E-state index in [4.69, 9.17) is 9.53 Å². The van der Waals surface area contributed by atoms with Gasteiger partial charge >= 0.3 is 5.97 Å². The minimum Gasteiger partial charge on any atom is -0.481 e. The highest BCUT2D eigenvalue weighted by atomic mass is 28.4. The summed E-state index contributed by atoms with van der Waals surface area (Å²) in [5.74, 6) is 0.00183. The second kappa shape index (κ2) is 8.60. The standard InChI is InChI=1S/C22H40O3Si/c1-21(2,3)26(4,5)25-19-13-11-17-22(16-10-12-18(19)22)15-9-7-6-8-14-20(23)24/h9,15,18-19H,6-8,10-14,16-17H2,1-5H3,(H,23,24)/b15-9-/t18-,19+,22-/m0/s1. The molecule has 0 spiro atoms. The van der Waals surface area contributed by atoms with Crippen LogP contribution in [0, 0.1) is 11.3 Å². The van der Waals surface area contributed by atoms with Crippen LogP contribution in [0.3, 0.4) is 0 Å². The van der Waals surface area contributed by atoms with Crippen molar-refractivity contribution < 1.29 is 14.3 Å². The number of aliphatic carboxylic acids is 1. The molecule has 1 N–H and O–H groups in total. The van der Waals surface area contributed by atoms with Gasteiger partial charge in [-0.15, -0.1) is 0 Å². The van der Waals surface area contributed by atoms with Crippen LogP contribution in [0.4, 0.5) is 0 Å². The maximum atomic E-state index is 10.6. The smallest absolute Gasteiger partial charge is 0.303 e. The first kappa shape index (κ1) is 21.7. The molecule has 0 aliphatic heterocycles. The number of rotatable bonds is 8. The van der Waals surface area contributed by atoms with Gasteiger partial charge in [-0.05, 0) is 74.4 Å². The maximum absolute atomic E-state index is 10.6. The van der Waals surface area contributed by atoms with Gasteiger partial charge in [0.2, 0.25) is 0 Å². The van der Waals surface area contributed by atoms with Crippen molar-refractivity contribution in [3.8, 4) is 0 Å². The topological polar surface area (TPSA) is 46.5 Å². The van der Waals surface area contributed by atoms with E-state index in [9.17, 15) is 4.79 Å². The highest BCUT2D eigenvalue weighted by molar-refractivity contribution is 6.74. The maximum Gasteiger partial charge on any atom is 0.303 e. The fraction of sp³-hybridized carbons (Fsp3) is 0.864. The molecule has 4 heteroatoms. The van der Waals surface area contributed by atoms with Crippen molar-refractivity contribution >= 4 is 14.3 Å². The Balaban J connectivity index is 1.98. The van der Waals surface area contributed by atoms with E-state index in [-0.39, 0.29) is 5.04 Å². The van der Waals surface area contributed by atoms with Gasteiger partial charge in [0.15, 0.2) is 8.32 Å². The lowest BCUT2D eigenvalue weighted by atomic mass is 9.66. The summed E-state index contributed by atoms with van der Waals surface area (Å²) in [6.07, 6.45) is 16.1. The number of unbranched alkanes of at least 4 members (excludes halogenated alkanes) is 2. The van der Waals surface area contributed by atoms with Crippen LogP contribution in [0.5, 0.6) is 0 Å². The van der Waals surface area contributed by atoms with Gasteiger partial charge in [-0.25, -0.2) is 0 Å². The minimum absolute atomic E-state index is 0.270. The van der Waals surface area contributed by atoms with Crippen molar-refractivity contribution in [3.63, 3.8) is 0 Å². The van der Waals surface area contributed by atoms with Crippen LogP contribution in [-0.2, 0) is 9.22 Å². The van der Waals surface area contributed by atoms with Crippen LogP contribution in [0.2, 0.25) is 18.1 Å². The third-order valence-electron chi connectivity index (χ3n) is 7.19. The van der Waals surface area contributed by atoms with Gasteiger partial charge in [-0.1, -0.05) is 45.8 Å². The third-order valence-corrected chi connectivity index (χ3v) is 11.7. The molecule has 2 rings (SSSR count). The predicted octanol–water partition coefficient (Wildman–Crippen LogP) is 6.55. The summed E-state index contributed by atoms with van der Waals surface area (Å²) < 4.78 is 6.89. The highest BCUT2D eigenvalue weighted by Crippen LogP contribution is 2.55. The molecule has 0 aromatic carbocycles. The molecule has 3 atom stereocenters. The Morgan fingerprint density at radius 3 is 2.46 bits per heavy atom. The Morgan fingerprint density at radius 2 is 1.85 bits per heavy atom. The number of carboxylic acids is 1. The normalized spacial score (nSPS) is 29.9. The fourth-order valence-corrected chi connectivity index (χ4v) is 6.06. The van der Waals surface area contributed by atoms with Crippen LogP contribution < -0.4 is 0 Å². The van der Waals surface area contributed by atoms with Crippen LogP contribution in [0.15, 0.2) is 12.2 Å². The molecule has 0 bridgehead atoms. The summed E-state index contributed by atoms with van der Waals surface area (Å²) in [5.41, 5.74) is 0.345. The number of allylic oxidation sites excluding steroid dienone is 2. The van der Waals surface area contributed by atoms with Crippen LogP contribution in [-0.4, -0.2) is 25.5 Å². The van der Waals surface area contributed by atoms with Gasteiger partial charge in [0.1, 0.15) is 0 Å². The number of carbonyl (C=O) groups is 1. The third kappa shape index (κ3) is 5.22. The number of hydrogen-bond donors (Lipinski definition) is 1. The lowest BCUT2D eigenvalue weighted by Gasteiger charge is -2.47. The quantitative estimate of drug-likeness (QED) is 0.295. The Hall–Kier alpha value is -0.613. The van der Waals surface area contributed by atoms with Gasteiger partial charge in [-0.2, -0.15) is 0 Å². The summed E-state index contributed by atoms with van der Waals surface area (Å²) >= 11 is 0. The van der Waals surface area contributed by atoms with E-state index in [2.05, 4.69) is 46.0 Å². The zero-order valence-electron chi connectivity index (χ0n) is 17.6. The summed E-state index contributed by atoms with van der Waals surface area (Å²) in [6, 6.07) is 0. The lowest BCUT2D eigenvalue weighted by Crippen LogP contribution is -2.49. The Morgan fingerprint density at radius 1 is 1.19 bits per heavy atom. The van der Waals surface area contributed by atoms with Crippen LogP contribution >= 0.6 is 0 Å². The van der Waals surface area contributed by atoms with E-state index in [1.807, 2.05) is 0 Å². The SMILES string of the molecule is CC(C)(C)[Si](C)(C)O[C@@H]1CCC[C@]2(/C=C\CCCCC(=O)O)CCC[C@@H]12. The van der Waals surface area contributed by atoms with Crippen LogP contribution in [0.25, 0.3) is 0 Å². The van der Waals surface area contributed by atoms with E-state index < -0.39 is 14.3 Å². The molecule has 26 heavy (non-hydrogen) atoms. The summed E-state index contributed by atoms with van der Waals surface area (Å²) in [5, 5.41) is 9.02. The largest absolute Gasteiger partial charge is 0.481 e. The summed E-state index contributed by atoms with van der Waals surface area (Å²) in [4.78, 5) is 10.6. The molecule has 0 heterocycles. The van der Waals surface area contributed by atoms with Crippen molar-refractivity contribution in [1.29, 1.82) is 0 Å². The van der Waals surface area contributed by atoms with Crippen molar-refractivity contribution in [2.45, 2.75) is 109 Å². The summed E-state index contributed by atoms with van der Waals surface area (Å²) in [6.45, 7) is 11.8. The molecule has 0 aromatic rings. The first-order chi connectivity index (χ1) is 12.1. The number of fused-ring (bicyclic) bond motifs is 1. The molecule has 0 aromatic heterocycles. The molecule has 0 radical (unpaired) electrons. The summed E-state index contributed by atoms with van der Waals surface area (Å²) in [7, 11) is -1.72. The van der Waals surface area contributed by atoms with Gasteiger partial charge in [0, 0.05) is 12.5 Å². The first-order valence-corrected chi connectivity index (χ1v) is 13.6. The molecular formula is C22H40O3Si. The number of carboxylic acid groups (broad SMARTS) is 1. The van der Waals surface area contributed by atoms with Crippen LogP contribution in [0.1, 0.15) is 85.0 Å². The van der Waals surface area contributed by atoms with E-state index >= 15 is 0 Å².